The van der Waals surface area contributed by atoms with Crippen molar-refractivity contribution in [2.24, 2.45) is 0 Å². The zero-order chi connectivity index (χ0) is 13.8. The van der Waals surface area contributed by atoms with Crippen molar-refractivity contribution in [3.8, 4) is 0 Å². The number of benzene rings is 1. The molecule has 5 heteroatoms. The molecule has 1 N–H and O–H groups in total. The lowest BCUT2D eigenvalue weighted by Crippen LogP contribution is -2.00. The van der Waals surface area contributed by atoms with Gasteiger partial charge < -0.3 is 5.32 Å². The highest BCUT2D eigenvalue weighted by Gasteiger charge is 2.03. The topological polar surface area (TPSA) is 29.9 Å². The van der Waals surface area contributed by atoms with Gasteiger partial charge in [-0.1, -0.05) is 30.3 Å². The second-order valence-electron chi connectivity index (χ2n) is 4.46. The first-order valence-corrected chi connectivity index (χ1v) is 8.00. The summed E-state index contributed by atoms with van der Waals surface area (Å²) in [6.07, 6.45) is 3.90. The summed E-state index contributed by atoms with van der Waals surface area (Å²) in [6.45, 7) is 1.61. The largest absolute Gasteiger partial charge is 0.378 e. The molecule has 3 aromatic rings. The molecule has 0 unspecified atom stereocenters. The Morgan fingerprint density at radius 3 is 2.80 bits per heavy atom. The Hall–Kier alpha value is -1.59. The van der Waals surface area contributed by atoms with Crippen LogP contribution < -0.4 is 5.32 Å². The van der Waals surface area contributed by atoms with Gasteiger partial charge in [-0.2, -0.15) is 5.10 Å². The van der Waals surface area contributed by atoms with Crippen molar-refractivity contribution in [2.45, 2.75) is 13.1 Å². The van der Waals surface area contributed by atoms with Crippen LogP contribution in [0, 0.1) is 0 Å². The number of rotatable bonds is 5. The van der Waals surface area contributed by atoms with Gasteiger partial charge in [0.05, 0.1) is 25.0 Å². The molecule has 0 amide bonds. The van der Waals surface area contributed by atoms with E-state index in [0.29, 0.717) is 0 Å². The van der Waals surface area contributed by atoms with Gasteiger partial charge in [-0.05, 0) is 32.9 Å². The Kier molecular flexibility index (Phi) is 4.18. The van der Waals surface area contributed by atoms with Crippen molar-refractivity contribution >= 4 is 33.0 Å². The van der Waals surface area contributed by atoms with Crippen molar-refractivity contribution < 1.29 is 0 Å². The SMILES string of the molecule is Brc1ccsc1CNc1cnn(Cc2ccccc2)c1. The fourth-order valence-electron chi connectivity index (χ4n) is 1.95. The molecule has 2 heterocycles. The van der Waals surface area contributed by atoms with Crippen LogP contribution in [-0.2, 0) is 13.1 Å². The molecule has 3 rings (SSSR count). The normalized spacial score (nSPS) is 10.7. The average molecular weight is 348 g/mol. The smallest absolute Gasteiger partial charge is 0.0729 e. The average Bonchev–Trinajstić information content (AvgIpc) is 3.07. The highest BCUT2D eigenvalue weighted by molar-refractivity contribution is 9.10. The van der Waals surface area contributed by atoms with E-state index in [2.05, 4.69) is 49.9 Å². The molecule has 3 nitrogen and oxygen atoms in total. The molecule has 2 aromatic heterocycles. The first-order valence-electron chi connectivity index (χ1n) is 6.33. The number of hydrogen-bond acceptors (Lipinski definition) is 3. The van der Waals surface area contributed by atoms with Gasteiger partial charge in [0, 0.05) is 15.5 Å². The quantitative estimate of drug-likeness (QED) is 0.742. The van der Waals surface area contributed by atoms with Gasteiger partial charge in [0.1, 0.15) is 0 Å². The van der Waals surface area contributed by atoms with Crippen LogP contribution in [0.4, 0.5) is 5.69 Å². The number of aromatic nitrogens is 2. The van der Waals surface area contributed by atoms with Crippen LogP contribution in [0.3, 0.4) is 0 Å². The third-order valence-corrected chi connectivity index (χ3v) is 4.89. The molecule has 0 aliphatic rings. The maximum atomic E-state index is 4.38. The Morgan fingerprint density at radius 2 is 2.05 bits per heavy atom. The van der Waals surface area contributed by atoms with E-state index < -0.39 is 0 Å². The Bertz CT molecular complexity index is 675. The van der Waals surface area contributed by atoms with Crippen molar-refractivity contribution in [1.29, 1.82) is 0 Å². The van der Waals surface area contributed by atoms with Crippen molar-refractivity contribution in [1.82, 2.24) is 9.78 Å². The first kappa shape index (κ1) is 13.4. The first-order chi connectivity index (χ1) is 9.81. The van der Waals surface area contributed by atoms with Gasteiger partial charge in [-0.3, -0.25) is 4.68 Å². The van der Waals surface area contributed by atoms with E-state index >= 15 is 0 Å². The van der Waals surface area contributed by atoms with Crippen molar-refractivity contribution in [3.63, 3.8) is 0 Å². The monoisotopic (exact) mass is 347 g/mol. The lowest BCUT2D eigenvalue weighted by Gasteiger charge is -2.02. The van der Waals surface area contributed by atoms with E-state index in [0.717, 1.165) is 23.2 Å². The third kappa shape index (κ3) is 3.29. The van der Waals surface area contributed by atoms with Gasteiger partial charge in [0.25, 0.3) is 0 Å². The van der Waals surface area contributed by atoms with Gasteiger partial charge in [-0.25, -0.2) is 0 Å². The molecule has 0 bridgehead atoms. The molecular weight excluding hydrogens is 334 g/mol. The standard InChI is InChI=1S/C15H14BrN3S/c16-14-6-7-20-15(14)9-17-13-8-18-19(11-13)10-12-4-2-1-3-5-12/h1-8,11,17H,9-10H2. The second kappa shape index (κ2) is 6.24. The Balaban J connectivity index is 1.61. The van der Waals surface area contributed by atoms with Crippen LogP contribution in [-0.4, -0.2) is 9.78 Å². The number of nitrogens with one attached hydrogen (secondary N) is 1. The van der Waals surface area contributed by atoms with E-state index in [9.17, 15) is 0 Å². The number of anilines is 1. The minimum atomic E-state index is 0.797. The molecule has 0 radical (unpaired) electrons. The predicted molar refractivity (Wildman–Crippen MR) is 87.1 cm³/mol. The number of thiophene rings is 1. The zero-order valence-corrected chi connectivity index (χ0v) is 13.2. The highest BCUT2D eigenvalue weighted by Crippen LogP contribution is 2.23. The minimum Gasteiger partial charge on any atom is -0.378 e. The van der Waals surface area contributed by atoms with Crippen LogP contribution in [0.25, 0.3) is 0 Å². The fourth-order valence-corrected chi connectivity index (χ4v) is 3.38. The third-order valence-electron chi connectivity index (χ3n) is 2.96. The number of nitrogens with zero attached hydrogens (tertiary/aromatic N) is 2. The summed E-state index contributed by atoms with van der Waals surface area (Å²) in [5.74, 6) is 0. The number of hydrogen-bond donors (Lipinski definition) is 1. The van der Waals surface area contributed by atoms with E-state index in [1.54, 1.807) is 11.3 Å². The van der Waals surface area contributed by atoms with Gasteiger partial charge in [-0.15, -0.1) is 11.3 Å². The summed E-state index contributed by atoms with van der Waals surface area (Å²) in [7, 11) is 0. The van der Waals surface area contributed by atoms with E-state index in [4.69, 9.17) is 0 Å². The summed E-state index contributed by atoms with van der Waals surface area (Å²) in [4.78, 5) is 1.29. The molecular formula is C15H14BrN3S. The van der Waals surface area contributed by atoms with Crippen molar-refractivity contribution in [2.75, 3.05) is 5.32 Å². The maximum absolute atomic E-state index is 4.38. The zero-order valence-electron chi connectivity index (χ0n) is 10.8. The van der Waals surface area contributed by atoms with Crippen LogP contribution in [0.2, 0.25) is 0 Å². The van der Waals surface area contributed by atoms with Gasteiger partial charge in [0.2, 0.25) is 0 Å². The molecule has 20 heavy (non-hydrogen) atoms. The molecule has 0 atom stereocenters. The Morgan fingerprint density at radius 1 is 1.20 bits per heavy atom. The van der Waals surface area contributed by atoms with E-state index in [1.165, 1.54) is 10.4 Å². The molecule has 1 aromatic carbocycles. The second-order valence-corrected chi connectivity index (χ2v) is 6.31. The van der Waals surface area contributed by atoms with Gasteiger partial charge >= 0.3 is 0 Å². The maximum Gasteiger partial charge on any atom is 0.0729 e. The summed E-state index contributed by atoms with van der Waals surface area (Å²) < 4.78 is 3.10. The minimum absolute atomic E-state index is 0.797. The lowest BCUT2D eigenvalue weighted by atomic mass is 10.2. The molecule has 0 fully saturated rings. The lowest BCUT2D eigenvalue weighted by molar-refractivity contribution is 0.687. The van der Waals surface area contributed by atoms with Crippen LogP contribution in [0.15, 0.2) is 58.6 Å². The van der Waals surface area contributed by atoms with E-state index in [-0.39, 0.29) is 0 Å². The molecule has 0 saturated heterocycles. The number of halogens is 1. The molecule has 0 aliphatic heterocycles. The van der Waals surface area contributed by atoms with Crippen molar-refractivity contribution in [3.05, 3.63) is 69.1 Å². The van der Waals surface area contributed by atoms with Crippen LogP contribution in [0.1, 0.15) is 10.4 Å². The predicted octanol–water partition coefficient (Wildman–Crippen LogP) is 4.37. The highest BCUT2D eigenvalue weighted by atomic mass is 79.9. The van der Waals surface area contributed by atoms with Crippen LogP contribution >= 0.6 is 27.3 Å². The fraction of sp³-hybridized carbons (Fsp3) is 0.133. The summed E-state index contributed by atoms with van der Waals surface area (Å²) in [5, 5.41) is 9.85. The molecule has 0 spiro atoms. The molecule has 102 valence electrons. The molecule has 0 aliphatic carbocycles. The summed E-state index contributed by atoms with van der Waals surface area (Å²) in [5.41, 5.74) is 2.30. The summed E-state index contributed by atoms with van der Waals surface area (Å²) >= 11 is 5.28. The van der Waals surface area contributed by atoms with Crippen LogP contribution in [0.5, 0.6) is 0 Å². The summed E-state index contributed by atoms with van der Waals surface area (Å²) in [6, 6.07) is 12.4. The van der Waals surface area contributed by atoms with E-state index in [1.807, 2.05) is 35.3 Å². The van der Waals surface area contributed by atoms with Gasteiger partial charge in [0.15, 0.2) is 0 Å². The Labute approximate surface area is 130 Å². The molecule has 0 saturated carbocycles.